The van der Waals surface area contributed by atoms with E-state index < -0.39 is 0 Å². The molecule has 0 spiro atoms. The van der Waals surface area contributed by atoms with E-state index in [1.54, 1.807) is 0 Å². The SMILES string of the molecule is CCN1CCc2cc(CN3CC[C@@H](C(=O)NC4CCCC4)C3)ccc21. The Bertz CT molecular complexity index is 624. The first-order chi connectivity index (χ1) is 12.2. The minimum Gasteiger partial charge on any atom is -0.371 e. The zero-order valence-corrected chi connectivity index (χ0v) is 15.5. The number of carbonyl (C=O) groups is 1. The van der Waals surface area contributed by atoms with E-state index in [2.05, 4.69) is 40.2 Å². The molecule has 1 aliphatic carbocycles. The molecule has 1 aromatic rings. The van der Waals surface area contributed by atoms with Crippen LogP contribution in [0.3, 0.4) is 0 Å². The van der Waals surface area contributed by atoms with Crippen molar-refractivity contribution in [2.24, 2.45) is 5.92 Å². The summed E-state index contributed by atoms with van der Waals surface area (Å²) >= 11 is 0. The second-order valence-corrected chi connectivity index (χ2v) is 8.00. The van der Waals surface area contributed by atoms with Gasteiger partial charge in [0.25, 0.3) is 0 Å². The molecule has 3 aliphatic rings. The molecule has 4 heteroatoms. The van der Waals surface area contributed by atoms with Crippen LogP contribution in [0.15, 0.2) is 18.2 Å². The van der Waals surface area contributed by atoms with Crippen molar-refractivity contribution in [1.82, 2.24) is 10.2 Å². The summed E-state index contributed by atoms with van der Waals surface area (Å²) in [6, 6.07) is 7.40. The summed E-state index contributed by atoms with van der Waals surface area (Å²) in [6.45, 7) is 7.41. The van der Waals surface area contributed by atoms with Gasteiger partial charge in [0.05, 0.1) is 5.92 Å². The van der Waals surface area contributed by atoms with Gasteiger partial charge in [0.1, 0.15) is 0 Å². The number of fused-ring (bicyclic) bond motifs is 1. The average molecular weight is 341 g/mol. The van der Waals surface area contributed by atoms with E-state index in [0.717, 1.165) is 39.1 Å². The Labute approximate surface area is 151 Å². The fourth-order valence-electron chi connectivity index (χ4n) is 4.79. The fourth-order valence-corrected chi connectivity index (χ4v) is 4.79. The van der Waals surface area contributed by atoms with E-state index in [0.29, 0.717) is 11.9 Å². The van der Waals surface area contributed by atoms with E-state index in [-0.39, 0.29) is 5.92 Å². The van der Waals surface area contributed by atoms with Crippen LogP contribution in [0.4, 0.5) is 5.69 Å². The number of rotatable bonds is 5. The quantitative estimate of drug-likeness (QED) is 0.894. The zero-order chi connectivity index (χ0) is 17.2. The van der Waals surface area contributed by atoms with Crippen molar-refractivity contribution in [2.75, 3.05) is 31.1 Å². The Hall–Kier alpha value is -1.55. The molecule has 1 amide bonds. The fraction of sp³-hybridized carbons (Fsp3) is 0.667. The lowest BCUT2D eigenvalue weighted by molar-refractivity contribution is -0.125. The van der Waals surface area contributed by atoms with Gasteiger partial charge in [-0.05, 0) is 56.3 Å². The molecule has 4 rings (SSSR count). The van der Waals surface area contributed by atoms with Gasteiger partial charge in [0.2, 0.25) is 5.91 Å². The van der Waals surface area contributed by atoms with Gasteiger partial charge in [-0.1, -0.05) is 25.0 Å². The zero-order valence-electron chi connectivity index (χ0n) is 15.5. The standard InChI is InChI=1S/C21H31N3O/c1-2-24-12-10-17-13-16(7-8-20(17)24)14-23-11-9-18(15-23)21(25)22-19-5-3-4-6-19/h7-8,13,18-19H,2-6,9-12,14-15H2,1H3,(H,22,25)/t18-/m1/s1. The molecule has 1 atom stereocenters. The van der Waals surface area contributed by atoms with Crippen LogP contribution in [0.2, 0.25) is 0 Å². The molecule has 25 heavy (non-hydrogen) atoms. The highest BCUT2D eigenvalue weighted by Crippen LogP contribution is 2.29. The smallest absolute Gasteiger partial charge is 0.224 e. The predicted octanol–water partition coefficient (Wildman–Crippen LogP) is 2.95. The second kappa shape index (κ2) is 7.36. The number of anilines is 1. The van der Waals surface area contributed by atoms with Crippen molar-refractivity contribution in [3.8, 4) is 0 Å². The number of likely N-dealkylation sites (N-methyl/N-ethyl adjacent to an activating group) is 1. The van der Waals surface area contributed by atoms with Gasteiger partial charge in [-0.3, -0.25) is 9.69 Å². The Balaban J connectivity index is 1.31. The van der Waals surface area contributed by atoms with Crippen LogP contribution < -0.4 is 10.2 Å². The first-order valence-corrected chi connectivity index (χ1v) is 10.1. The third kappa shape index (κ3) is 3.69. The van der Waals surface area contributed by atoms with Crippen LogP contribution in [0.1, 0.15) is 50.2 Å². The summed E-state index contributed by atoms with van der Waals surface area (Å²) < 4.78 is 0. The van der Waals surface area contributed by atoms with Crippen LogP contribution in [0, 0.1) is 5.92 Å². The maximum Gasteiger partial charge on any atom is 0.224 e. The molecule has 0 aromatic heterocycles. The number of amides is 1. The molecule has 2 fully saturated rings. The van der Waals surface area contributed by atoms with Gasteiger partial charge < -0.3 is 10.2 Å². The highest BCUT2D eigenvalue weighted by Gasteiger charge is 2.30. The molecule has 2 heterocycles. The number of hydrogen-bond donors (Lipinski definition) is 1. The molecule has 1 saturated carbocycles. The first-order valence-electron chi connectivity index (χ1n) is 10.1. The number of carbonyl (C=O) groups excluding carboxylic acids is 1. The third-order valence-electron chi connectivity index (χ3n) is 6.27. The van der Waals surface area contributed by atoms with E-state index in [1.165, 1.54) is 48.9 Å². The number of nitrogens with one attached hydrogen (secondary N) is 1. The molecule has 0 radical (unpaired) electrons. The molecular weight excluding hydrogens is 310 g/mol. The summed E-state index contributed by atoms with van der Waals surface area (Å²) in [6.07, 6.45) is 7.07. The molecule has 136 valence electrons. The normalized spacial score (nSPS) is 24.0. The summed E-state index contributed by atoms with van der Waals surface area (Å²) in [5.74, 6) is 0.479. The van der Waals surface area contributed by atoms with Crippen molar-refractivity contribution < 1.29 is 4.79 Å². The molecular formula is C21H31N3O. The monoisotopic (exact) mass is 341 g/mol. The molecule has 1 aromatic carbocycles. The summed E-state index contributed by atoms with van der Waals surface area (Å²) in [4.78, 5) is 17.4. The van der Waals surface area contributed by atoms with Crippen molar-refractivity contribution in [2.45, 2.75) is 58.0 Å². The maximum absolute atomic E-state index is 12.5. The summed E-state index contributed by atoms with van der Waals surface area (Å²) in [5, 5.41) is 3.28. The summed E-state index contributed by atoms with van der Waals surface area (Å²) in [7, 11) is 0. The Morgan fingerprint density at radius 2 is 2.04 bits per heavy atom. The van der Waals surface area contributed by atoms with Crippen LogP contribution >= 0.6 is 0 Å². The van der Waals surface area contributed by atoms with Crippen LogP contribution in [0.25, 0.3) is 0 Å². The molecule has 1 saturated heterocycles. The lowest BCUT2D eigenvalue weighted by Crippen LogP contribution is -2.38. The first kappa shape index (κ1) is 16.9. The molecule has 4 nitrogen and oxygen atoms in total. The van der Waals surface area contributed by atoms with Crippen molar-refractivity contribution in [3.63, 3.8) is 0 Å². The van der Waals surface area contributed by atoms with Crippen molar-refractivity contribution >= 4 is 11.6 Å². The third-order valence-corrected chi connectivity index (χ3v) is 6.27. The van der Waals surface area contributed by atoms with Gasteiger partial charge in [-0.2, -0.15) is 0 Å². The minimum atomic E-state index is 0.186. The Morgan fingerprint density at radius 1 is 1.20 bits per heavy atom. The van der Waals surface area contributed by atoms with Gasteiger partial charge in [0, 0.05) is 37.9 Å². The number of likely N-dealkylation sites (tertiary alicyclic amines) is 1. The second-order valence-electron chi connectivity index (χ2n) is 8.00. The average Bonchev–Trinajstić information content (AvgIpc) is 3.34. The number of benzene rings is 1. The van der Waals surface area contributed by atoms with E-state index >= 15 is 0 Å². The van der Waals surface area contributed by atoms with Gasteiger partial charge >= 0.3 is 0 Å². The highest BCUT2D eigenvalue weighted by molar-refractivity contribution is 5.79. The lowest BCUT2D eigenvalue weighted by Gasteiger charge is -2.19. The predicted molar refractivity (Wildman–Crippen MR) is 102 cm³/mol. The Kier molecular flexibility index (Phi) is 4.98. The van der Waals surface area contributed by atoms with Crippen molar-refractivity contribution in [1.29, 1.82) is 0 Å². The maximum atomic E-state index is 12.5. The van der Waals surface area contributed by atoms with Gasteiger partial charge in [0.15, 0.2) is 0 Å². The Morgan fingerprint density at radius 3 is 2.84 bits per heavy atom. The highest BCUT2D eigenvalue weighted by atomic mass is 16.2. The van der Waals surface area contributed by atoms with Gasteiger partial charge in [-0.25, -0.2) is 0 Å². The van der Waals surface area contributed by atoms with Gasteiger partial charge in [-0.15, -0.1) is 0 Å². The topological polar surface area (TPSA) is 35.6 Å². The number of hydrogen-bond acceptors (Lipinski definition) is 3. The minimum absolute atomic E-state index is 0.186. The van der Waals surface area contributed by atoms with Crippen molar-refractivity contribution in [3.05, 3.63) is 29.3 Å². The molecule has 0 unspecified atom stereocenters. The van der Waals surface area contributed by atoms with E-state index in [1.807, 2.05) is 0 Å². The molecule has 0 bridgehead atoms. The van der Waals surface area contributed by atoms with E-state index in [4.69, 9.17) is 0 Å². The lowest BCUT2D eigenvalue weighted by atomic mass is 10.1. The summed E-state index contributed by atoms with van der Waals surface area (Å²) in [5.41, 5.74) is 4.31. The van der Waals surface area contributed by atoms with Crippen LogP contribution in [-0.2, 0) is 17.8 Å². The number of nitrogens with zero attached hydrogens (tertiary/aromatic N) is 2. The van der Waals surface area contributed by atoms with E-state index in [9.17, 15) is 4.79 Å². The largest absolute Gasteiger partial charge is 0.371 e. The molecule has 2 aliphatic heterocycles. The molecule has 1 N–H and O–H groups in total. The van der Waals surface area contributed by atoms with Crippen LogP contribution in [-0.4, -0.2) is 43.0 Å². The van der Waals surface area contributed by atoms with Crippen LogP contribution in [0.5, 0.6) is 0 Å².